The van der Waals surface area contributed by atoms with E-state index in [4.69, 9.17) is 0 Å². The lowest BCUT2D eigenvalue weighted by Gasteiger charge is -1.90. The fourth-order valence-corrected chi connectivity index (χ4v) is 1.72. The van der Waals surface area contributed by atoms with Gasteiger partial charge < -0.3 is 4.98 Å². The van der Waals surface area contributed by atoms with Crippen molar-refractivity contribution in [3.8, 4) is 0 Å². The molecule has 0 radical (unpaired) electrons. The van der Waals surface area contributed by atoms with Crippen LogP contribution in [0.4, 0.5) is 4.39 Å². The molecule has 2 nitrogen and oxygen atoms in total. The molecule has 0 spiro atoms. The van der Waals surface area contributed by atoms with Crippen LogP contribution in [0.15, 0.2) is 36.5 Å². The highest BCUT2D eigenvalue weighted by Gasteiger charge is 2.06. The van der Waals surface area contributed by atoms with E-state index >= 15 is 0 Å². The van der Waals surface area contributed by atoms with Gasteiger partial charge in [0.05, 0.1) is 5.52 Å². The molecule has 14 heavy (non-hydrogen) atoms. The van der Waals surface area contributed by atoms with Crippen molar-refractivity contribution < 1.29 is 4.39 Å². The minimum absolute atomic E-state index is 0.236. The highest BCUT2D eigenvalue weighted by Crippen LogP contribution is 2.24. The van der Waals surface area contributed by atoms with Gasteiger partial charge in [-0.05, 0) is 18.2 Å². The van der Waals surface area contributed by atoms with E-state index in [9.17, 15) is 4.39 Å². The predicted molar refractivity (Wildman–Crippen MR) is 53.6 cm³/mol. The number of fused-ring (bicyclic) bond motifs is 3. The third kappa shape index (κ3) is 0.865. The van der Waals surface area contributed by atoms with Crippen LogP contribution in [-0.2, 0) is 0 Å². The van der Waals surface area contributed by atoms with E-state index in [-0.39, 0.29) is 5.82 Å². The van der Waals surface area contributed by atoms with E-state index in [2.05, 4.69) is 9.97 Å². The Kier molecular flexibility index (Phi) is 1.36. The van der Waals surface area contributed by atoms with Gasteiger partial charge in [-0.2, -0.15) is 0 Å². The molecule has 68 valence electrons. The number of benzene rings is 1. The van der Waals surface area contributed by atoms with Gasteiger partial charge in [-0.1, -0.05) is 12.1 Å². The zero-order valence-corrected chi connectivity index (χ0v) is 7.29. The molecule has 2 aromatic heterocycles. The Balaban J connectivity index is 2.63. The summed E-state index contributed by atoms with van der Waals surface area (Å²) in [6, 6.07) is 8.82. The Morgan fingerprint density at radius 2 is 1.93 bits per heavy atom. The van der Waals surface area contributed by atoms with Gasteiger partial charge in [0, 0.05) is 17.0 Å². The average Bonchev–Trinajstić information content (AvgIpc) is 2.59. The van der Waals surface area contributed by atoms with Crippen LogP contribution < -0.4 is 0 Å². The first-order chi connectivity index (χ1) is 6.86. The van der Waals surface area contributed by atoms with Gasteiger partial charge in [0.1, 0.15) is 11.5 Å². The van der Waals surface area contributed by atoms with Crippen molar-refractivity contribution in [2.45, 2.75) is 0 Å². The lowest BCUT2D eigenvalue weighted by molar-refractivity contribution is 0.637. The van der Waals surface area contributed by atoms with Crippen molar-refractivity contribution in [2.75, 3.05) is 0 Å². The monoisotopic (exact) mass is 186 g/mol. The van der Waals surface area contributed by atoms with Crippen molar-refractivity contribution in [1.29, 1.82) is 0 Å². The van der Waals surface area contributed by atoms with Crippen LogP contribution >= 0.6 is 0 Å². The number of nitrogens with zero attached hydrogens (tertiary/aromatic N) is 1. The quantitative estimate of drug-likeness (QED) is 0.574. The predicted octanol–water partition coefficient (Wildman–Crippen LogP) is 2.86. The van der Waals surface area contributed by atoms with E-state index in [1.165, 1.54) is 6.07 Å². The van der Waals surface area contributed by atoms with Gasteiger partial charge in [-0.25, -0.2) is 9.37 Å². The van der Waals surface area contributed by atoms with Crippen LogP contribution in [0.3, 0.4) is 0 Å². The van der Waals surface area contributed by atoms with Gasteiger partial charge in [-0.3, -0.25) is 0 Å². The summed E-state index contributed by atoms with van der Waals surface area (Å²) in [6.07, 6.45) is 1.69. The number of nitrogens with one attached hydrogen (secondary N) is 1. The summed E-state index contributed by atoms with van der Waals surface area (Å²) in [5.41, 5.74) is 1.26. The highest BCUT2D eigenvalue weighted by molar-refractivity contribution is 6.05. The van der Waals surface area contributed by atoms with Crippen LogP contribution in [0.2, 0.25) is 0 Å². The van der Waals surface area contributed by atoms with E-state index in [1.807, 2.05) is 18.2 Å². The first kappa shape index (κ1) is 7.50. The molecule has 0 saturated heterocycles. The molecule has 0 amide bonds. The second kappa shape index (κ2) is 2.54. The van der Waals surface area contributed by atoms with Crippen LogP contribution in [0.25, 0.3) is 21.9 Å². The largest absolute Gasteiger partial charge is 0.337 e. The number of aromatic amines is 1. The van der Waals surface area contributed by atoms with Crippen molar-refractivity contribution >= 4 is 21.9 Å². The maximum Gasteiger partial charge on any atom is 0.147 e. The van der Waals surface area contributed by atoms with E-state index in [0.29, 0.717) is 5.52 Å². The zero-order chi connectivity index (χ0) is 9.54. The average molecular weight is 186 g/mol. The van der Waals surface area contributed by atoms with Gasteiger partial charge in [-0.15, -0.1) is 0 Å². The summed E-state index contributed by atoms with van der Waals surface area (Å²) < 4.78 is 13.4. The molecule has 0 aliphatic rings. The Morgan fingerprint density at radius 3 is 2.86 bits per heavy atom. The first-order valence-electron chi connectivity index (χ1n) is 4.37. The molecule has 2 heterocycles. The lowest BCUT2D eigenvalue weighted by atomic mass is 10.2. The number of halogens is 1. The minimum Gasteiger partial charge on any atom is -0.337 e. The van der Waals surface area contributed by atoms with Crippen molar-refractivity contribution in [2.24, 2.45) is 0 Å². The number of hydrogen-bond donors (Lipinski definition) is 1. The maximum absolute atomic E-state index is 13.4. The summed E-state index contributed by atoms with van der Waals surface area (Å²) in [4.78, 5) is 7.10. The molecule has 0 bridgehead atoms. The number of hydrogen-bond acceptors (Lipinski definition) is 1. The van der Waals surface area contributed by atoms with E-state index < -0.39 is 0 Å². The highest BCUT2D eigenvalue weighted by atomic mass is 19.1. The Bertz CT molecular complexity index is 613. The standard InChI is InChI=1S/C11H7FN2/c12-9-5-1-3-7-8-4-2-6-13-11(8)14-10(7)9/h1-6H,(H,13,14). The molecular weight excluding hydrogens is 179 g/mol. The molecule has 0 aliphatic carbocycles. The van der Waals surface area contributed by atoms with E-state index in [1.54, 1.807) is 12.3 Å². The normalized spacial score (nSPS) is 11.2. The zero-order valence-electron chi connectivity index (χ0n) is 7.29. The third-order valence-electron chi connectivity index (χ3n) is 2.35. The fraction of sp³-hybridized carbons (Fsp3) is 0. The Hall–Kier alpha value is -1.90. The van der Waals surface area contributed by atoms with Gasteiger partial charge in [0.25, 0.3) is 0 Å². The summed E-state index contributed by atoms with van der Waals surface area (Å²) >= 11 is 0. The molecule has 0 aliphatic heterocycles. The van der Waals surface area contributed by atoms with Crippen molar-refractivity contribution in [3.63, 3.8) is 0 Å². The SMILES string of the molecule is Fc1cccc2c1[nH]c1ncccc12. The third-order valence-corrected chi connectivity index (χ3v) is 2.35. The smallest absolute Gasteiger partial charge is 0.147 e. The molecule has 0 unspecified atom stereocenters. The summed E-state index contributed by atoms with van der Waals surface area (Å²) in [6.45, 7) is 0. The summed E-state index contributed by atoms with van der Waals surface area (Å²) in [7, 11) is 0. The molecule has 0 atom stereocenters. The van der Waals surface area contributed by atoms with Crippen LogP contribution in [-0.4, -0.2) is 9.97 Å². The fourth-order valence-electron chi connectivity index (χ4n) is 1.72. The molecule has 3 rings (SSSR count). The molecule has 0 saturated carbocycles. The second-order valence-electron chi connectivity index (χ2n) is 3.19. The molecular formula is C11H7FN2. The Morgan fingerprint density at radius 1 is 1.07 bits per heavy atom. The lowest BCUT2D eigenvalue weighted by Crippen LogP contribution is -1.75. The number of para-hydroxylation sites is 1. The van der Waals surface area contributed by atoms with Crippen molar-refractivity contribution in [1.82, 2.24) is 9.97 Å². The molecule has 3 heteroatoms. The van der Waals surface area contributed by atoms with E-state index in [0.717, 1.165) is 16.4 Å². The summed E-state index contributed by atoms with van der Waals surface area (Å²) in [5, 5.41) is 1.84. The molecule has 1 N–H and O–H groups in total. The topological polar surface area (TPSA) is 28.7 Å². The number of H-pyrrole nitrogens is 1. The first-order valence-corrected chi connectivity index (χ1v) is 4.37. The van der Waals surface area contributed by atoms with Crippen LogP contribution in [0.1, 0.15) is 0 Å². The minimum atomic E-state index is -0.236. The van der Waals surface area contributed by atoms with Crippen LogP contribution in [0, 0.1) is 5.82 Å². The molecule has 0 fully saturated rings. The molecule has 1 aromatic carbocycles. The van der Waals surface area contributed by atoms with Crippen LogP contribution in [0.5, 0.6) is 0 Å². The van der Waals surface area contributed by atoms with Gasteiger partial charge in [0.2, 0.25) is 0 Å². The number of rotatable bonds is 0. The molecule has 3 aromatic rings. The van der Waals surface area contributed by atoms with Gasteiger partial charge in [0.15, 0.2) is 0 Å². The summed E-state index contributed by atoms with van der Waals surface area (Å²) in [5.74, 6) is -0.236. The van der Waals surface area contributed by atoms with Crippen molar-refractivity contribution in [3.05, 3.63) is 42.3 Å². The second-order valence-corrected chi connectivity index (χ2v) is 3.19. The number of pyridine rings is 1. The maximum atomic E-state index is 13.4. The number of aromatic nitrogens is 2. The van der Waals surface area contributed by atoms with Gasteiger partial charge >= 0.3 is 0 Å². The Labute approximate surface area is 79.4 Å².